The monoisotopic (exact) mass is 462 g/mol. The van der Waals surface area contributed by atoms with Gasteiger partial charge in [0.15, 0.2) is 5.78 Å². The molecule has 0 aliphatic rings. The number of carbonyl (C=O) groups excluding carboxylic acids is 1. The number of aromatic nitrogens is 10. The molecule has 0 aliphatic heterocycles. The number of benzene rings is 1. The van der Waals surface area contributed by atoms with Crippen molar-refractivity contribution < 1.29 is 9.90 Å². The second kappa shape index (κ2) is 7.62. The van der Waals surface area contributed by atoms with Gasteiger partial charge >= 0.3 is 0 Å². The summed E-state index contributed by atoms with van der Waals surface area (Å²) in [5, 5.41) is 29.1. The quantitative estimate of drug-likeness (QED) is 0.182. The highest BCUT2D eigenvalue weighted by molar-refractivity contribution is 6.00. The fraction of sp³-hybridized carbons (Fsp3) is 0.0556. The van der Waals surface area contributed by atoms with Crippen LogP contribution >= 0.6 is 0 Å². The number of nitrogens with one attached hydrogen (secondary N) is 2. The lowest BCUT2D eigenvalue weighted by atomic mass is 9.95. The third-order valence-electron chi connectivity index (χ3n) is 4.82. The average molecular weight is 462 g/mol. The second-order valence-electron chi connectivity index (χ2n) is 7.03. The number of carbonyl (C=O) groups is 1. The summed E-state index contributed by atoms with van der Waals surface area (Å²) in [5.74, 6) is -2.76. The minimum absolute atomic E-state index is 0.00735. The largest absolute Gasteiger partial charge is 0.508 e. The van der Waals surface area contributed by atoms with E-state index in [0.717, 1.165) is 15.1 Å². The molecule has 5 rings (SSSR count). The van der Waals surface area contributed by atoms with Crippen molar-refractivity contribution in [1.82, 2.24) is 49.6 Å². The number of rotatable bonds is 5. The predicted molar refractivity (Wildman–Crippen MR) is 116 cm³/mol. The SMILES string of the molecule is Nc1nnc2nc(C(C(=O)/C=C\c3cccc(O)c3)c3nc4nnc(N)n4[nH]c3=O)c(=O)[nH]n12. The van der Waals surface area contributed by atoms with Crippen LogP contribution in [0.1, 0.15) is 22.9 Å². The standard InChI is InChI=1S/C18H14N12O4/c19-15-23-25-17-21-11(13(33)27-29(15)17)10(9(32)5-4-7-2-1-3-8(31)6-7)12-14(34)28-30-16(20)24-26-18(30)22-12/h1-6,10,31H,(H2,19,23)(H2,20,24)(H,27,33)(H,28,34)/b5-4-. The molecule has 0 aliphatic carbocycles. The Morgan fingerprint density at radius 2 is 1.50 bits per heavy atom. The normalized spacial score (nSPS) is 11.8. The van der Waals surface area contributed by atoms with Crippen LogP contribution in [0, 0.1) is 0 Å². The van der Waals surface area contributed by atoms with E-state index < -0.39 is 22.8 Å². The van der Waals surface area contributed by atoms with E-state index in [9.17, 15) is 19.5 Å². The first-order chi connectivity index (χ1) is 16.3. The van der Waals surface area contributed by atoms with E-state index in [0.29, 0.717) is 5.56 Å². The number of phenols is 1. The van der Waals surface area contributed by atoms with Crippen molar-refractivity contribution in [3.05, 3.63) is 68.0 Å². The van der Waals surface area contributed by atoms with Crippen LogP contribution in [0.4, 0.5) is 11.9 Å². The van der Waals surface area contributed by atoms with Gasteiger partial charge in [0, 0.05) is 0 Å². The Balaban J connectivity index is 1.69. The number of nitrogens with zero attached hydrogens (tertiary/aromatic N) is 8. The van der Waals surface area contributed by atoms with Gasteiger partial charge in [0.05, 0.1) is 0 Å². The minimum Gasteiger partial charge on any atom is -0.508 e. The lowest BCUT2D eigenvalue weighted by Gasteiger charge is -2.12. The summed E-state index contributed by atoms with van der Waals surface area (Å²) in [5.41, 5.74) is 9.37. The fourth-order valence-electron chi connectivity index (χ4n) is 3.26. The van der Waals surface area contributed by atoms with Crippen LogP contribution < -0.4 is 22.6 Å². The molecule has 1 aromatic carbocycles. The van der Waals surface area contributed by atoms with Crippen molar-refractivity contribution in [1.29, 1.82) is 0 Å². The molecule has 0 spiro atoms. The van der Waals surface area contributed by atoms with Gasteiger partial charge in [0.2, 0.25) is 11.9 Å². The third kappa shape index (κ3) is 3.40. The Bertz CT molecular complexity index is 1630. The number of nitrogen functional groups attached to an aromatic ring is 2. The van der Waals surface area contributed by atoms with Crippen LogP contribution in [0.25, 0.3) is 17.6 Å². The van der Waals surface area contributed by atoms with Crippen LogP contribution in [0.3, 0.4) is 0 Å². The zero-order chi connectivity index (χ0) is 24.0. The molecule has 4 aromatic heterocycles. The van der Waals surface area contributed by atoms with Gasteiger partial charge in [-0.2, -0.15) is 9.03 Å². The number of anilines is 2. The van der Waals surface area contributed by atoms with E-state index in [1.807, 2.05) is 0 Å². The van der Waals surface area contributed by atoms with E-state index in [1.165, 1.54) is 18.2 Å². The lowest BCUT2D eigenvalue weighted by Crippen LogP contribution is -2.32. The maximum absolute atomic E-state index is 13.3. The summed E-state index contributed by atoms with van der Waals surface area (Å²) in [6.45, 7) is 0. The van der Waals surface area contributed by atoms with E-state index >= 15 is 0 Å². The summed E-state index contributed by atoms with van der Waals surface area (Å²) in [4.78, 5) is 47.2. The van der Waals surface area contributed by atoms with Gasteiger partial charge in [-0.1, -0.05) is 18.2 Å². The molecule has 0 bridgehead atoms. The van der Waals surface area contributed by atoms with Crippen LogP contribution in [-0.2, 0) is 4.79 Å². The lowest BCUT2D eigenvalue weighted by molar-refractivity contribution is -0.115. The Morgan fingerprint density at radius 1 is 0.941 bits per heavy atom. The number of allylic oxidation sites excluding steroid dienone is 1. The number of hydrogen-bond donors (Lipinski definition) is 5. The Hall–Kier alpha value is -5.41. The highest BCUT2D eigenvalue weighted by atomic mass is 16.3. The molecule has 7 N–H and O–H groups in total. The number of H-pyrrole nitrogens is 2. The molecule has 16 heteroatoms. The maximum atomic E-state index is 13.3. The molecule has 0 unspecified atom stereocenters. The van der Waals surface area contributed by atoms with Gasteiger partial charge in [0.25, 0.3) is 22.7 Å². The zero-order valence-corrected chi connectivity index (χ0v) is 16.9. The molecule has 0 atom stereocenters. The third-order valence-corrected chi connectivity index (χ3v) is 4.82. The van der Waals surface area contributed by atoms with Gasteiger partial charge in [-0.15, -0.1) is 20.4 Å². The molecule has 0 amide bonds. The van der Waals surface area contributed by atoms with Crippen LogP contribution in [0.2, 0.25) is 0 Å². The Morgan fingerprint density at radius 3 is 2.03 bits per heavy atom. The molecule has 4 heterocycles. The summed E-state index contributed by atoms with van der Waals surface area (Å²) in [7, 11) is 0. The number of aromatic hydroxyl groups is 1. The zero-order valence-electron chi connectivity index (χ0n) is 16.9. The van der Waals surface area contributed by atoms with Gasteiger partial charge in [0.1, 0.15) is 23.1 Å². The summed E-state index contributed by atoms with van der Waals surface area (Å²) in [6.07, 6.45) is 2.53. The van der Waals surface area contributed by atoms with Crippen LogP contribution in [-0.4, -0.2) is 60.5 Å². The van der Waals surface area contributed by atoms with E-state index in [-0.39, 0.29) is 40.6 Å². The Labute approximate surface area is 186 Å². The molecule has 0 saturated carbocycles. The minimum atomic E-state index is -1.56. The molecule has 5 aromatic rings. The number of ketones is 1. The topological polar surface area (TPSA) is 241 Å². The van der Waals surface area contributed by atoms with Crippen molar-refractivity contribution in [2.75, 3.05) is 11.5 Å². The van der Waals surface area contributed by atoms with Gasteiger partial charge in [-0.3, -0.25) is 24.6 Å². The first-order valence-electron chi connectivity index (χ1n) is 9.54. The molecule has 0 fully saturated rings. The van der Waals surface area contributed by atoms with Crippen molar-refractivity contribution in [2.45, 2.75) is 5.92 Å². The summed E-state index contributed by atoms with van der Waals surface area (Å²) in [6, 6.07) is 6.12. The molecular formula is C18H14N12O4. The van der Waals surface area contributed by atoms with Gasteiger partial charge in [-0.05, 0) is 23.8 Å². The van der Waals surface area contributed by atoms with E-state index in [2.05, 4.69) is 40.6 Å². The van der Waals surface area contributed by atoms with Crippen molar-refractivity contribution >= 4 is 35.3 Å². The molecule has 0 radical (unpaired) electrons. The number of fused-ring (bicyclic) bond motifs is 2. The number of phenolic OH excluding ortho intramolecular Hbond substituents is 1. The molecule has 16 nitrogen and oxygen atoms in total. The van der Waals surface area contributed by atoms with E-state index in [4.69, 9.17) is 11.5 Å². The molecular weight excluding hydrogens is 448 g/mol. The van der Waals surface area contributed by atoms with Crippen LogP contribution in [0.5, 0.6) is 5.75 Å². The second-order valence-corrected chi connectivity index (χ2v) is 7.03. The summed E-state index contributed by atoms with van der Waals surface area (Å²) < 4.78 is 2.05. The number of hydrogen-bond acceptors (Lipinski definition) is 12. The number of nitrogens with two attached hydrogens (primary N) is 2. The first kappa shape index (κ1) is 20.5. The Kier molecular flexibility index (Phi) is 4.59. The van der Waals surface area contributed by atoms with Crippen molar-refractivity contribution in [3.8, 4) is 5.75 Å². The van der Waals surface area contributed by atoms with Crippen LogP contribution in [0.15, 0.2) is 39.9 Å². The first-order valence-corrected chi connectivity index (χ1v) is 9.54. The highest BCUT2D eigenvalue weighted by Gasteiger charge is 2.31. The molecule has 34 heavy (non-hydrogen) atoms. The molecule has 170 valence electrons. The molecule has 0 saturated heterocycles. The smallest absolute Gasteiger partial charge is 0.286 e. The predicted octanol–water partition coefficient (Wildman–Crippen LogP) is -1.78. The van der Waals surface area contributed by atoms with Crippen molar-refractivity contribution in [2.24, 2.45) is 0 Å². The number of aromatic amines is 2. The van der Waals surface area contributed by atoms with Gasteiger partial charge in [-0.25, -0.2) is 9.97 Å². The maximum Gasteiger partial charge on any atom is 0.286 e. The van der Waals surface area contributed by atoms with E-state index in [1.54, 1.807) is 12.1 Å². The average Bonchev–Trinajstić information content (AvgIpc) is 3.35. The van der Waals surface area contributed by atoms with Crippen molar-refractivity contribution in [3.63, 3.8) is 0 Å². The highest BCUT2D eigenvalue weighted by Crippen LogP contribution is 2.20. The fourth-order valence-corrected chi connectivity index (χ4v) is 3.26. The summed E-state index contributed by atoms with van der Waals surface area (Å²) >= 11 is 0. The van der Waals surface area contributed by atoms with Gasteiger partial charge < -0.3 is 16.6 Å².